The van der Waals surface area contributed by atoms with Gasteiger partial charge in [0.25, 0.3) is 15.9 Å². The third-order valence-electron chi connectivity index (χ3n) is 5.14. The van der Waals surface area contributed by atoms with Gasteiger partial charge in [0.1, 0.15) is 4.21 Å². The van der Waals surface area contributed by atoms with E-state index in [9.17, 15) is 13.2 Å². The molecule has 0 bridgehead atoms. The predicted molar refractivity (Wildman–Crippen MR) is 131 cm³/mol. The summed E-state index contributed by atoms with van der Waals surface area (Å²) in [6.07, 6.45) is 3.17. The zero-order valence-electron chi connectivity index (χ0n) is 17.2. The lowest BCUT2D eigenvalue weighted by atomic mass is 10.1. The average molecular weight is 475 g/mol. The summed E-state index contributed by atoms with van der Waals surface area (Å²) in [5.74, 6) is -0.330. The first-order valence-corrected chi connectivity index (χ1v) is 12.2. The Kier molecular flexibility index (Phi) is 5.20. The van der Waals surface area contributed by atoms with Crippen LogP contribution in [0.4, 0.5) is 11.4 Å². The molecule has 0 aliphatic rings. The molecule has 3 aromatic heterocycles. The number of hydrogen-bond acceptors (Lipinski definition) is 6. The Morgan fingerprint density at radius 2 is 1.79 bits per heavy atom. The van der Waals surface area contributed by atoms with Crippen LogP contribution in [0.15, 0.2) is 95.5 Å². The fraction of sp³-hybridized carbons (Fsp3) is 0. The van der Waals surface area contributed by atoms with Gasteiger partial charge in [0.15, 0.2) is 0 Å². The van der Waals surface area contributed by atoms with Gasteiger partial charge in [0.05, 0.1) is 27.5 Å². The number of amides is 1. The molecule has 0 spiro atoms. The number of thiophene rings is 1. The van der Waals surface area contributed by atoms with Crippen LogP contribution in [0.2, 0.25) is 0 Å². The van der Waals surface area contributed by atoms with Gasteiger partial charge in [-0.1, -0.05) is 18.2 Å². The Balaban J connectivity index is 1.46. The fourth-order valence-corrected chi connectivity index (χ4v) is 6.20. The third-order valence-corrected chi connectivity index (χ3v) is 8.40. The van der Waals surface area contributed by atoms with Crippen LogP contribution in [0.5, 0.6) is 0 Å². The minimum absolute atomic E-state index is 0.210. The van der Waals surface area contributed by atoms with Crippen LogP contribution in [0.1, 0.15) is 10.4 Å². The van der Waals surface area contributed by atoms with Gasteiger partial charge in [-0.3, -0.25) is 9.78 Å². The van der Waals surface area contributed by atoms with Gasteiger partial charge in [-0.05, 0) is 60.7 Å². The van der Waals surface area contributed by atoms with Crippen LogP contribution in [0, 0.1) is 0 Å². The number of aromatic nitrogens is 2. The van der Waals surface area contributed by atoms with Crippen LogP contribution >= 0.6 is 11.3 Å². The first-order chi connectivity index (χ1) is 15.9. The Hall–Kier alpha value is -3.95. The number of pyridine rings is 1. The number of fused-ring (bicyclic) bond motifs is 1. The number of carbonyl (C=O) groups is 1. The molecule has 0 fully saturated rings. The second-order valence-electron chi connectivity index (χ2n) is 7.27. The van der Waals surface area contributed by atoms with Gasteiger partial charge in [0, 0.05) is 23.3 Å². The summed E-state index contributed by atoms with van der Waals surface area (Å²) in [7, 11) is -3.81. The Labute approximate surface area is 194 Å². The lowest BCUT2D eigenvalue weighted by Crippen LogP contribution is -2.13. The molecule has 0 aliphatic carbocycles. The van der Waals surface area contributed by atoms with Crippen molar-refractivity contribution < 1.29 is 13.2 Å². The number of nitrogens with one attached hydrogen (secondary N) is 1. The second-order valence-corrected chi connectivity index (χ2v) is 10.4. The average Bonchev–Trinajstić information content (AvgIpc) is 3.49. The zero-order chi connectivity index (χ0) is 23.0. The quantitative estimate of drug-likeness (QED) is 0.355. The predicted octanol–water partition coefficient (Wildman–Crippen LogP) is 4.84. The molecule has 2 aromatic carbocycles. The van der Waals surface area contributed by atoms with E-state index in [-0.39, 0.29) is 10.1 Å². The summed E-state index contributed by atoms with van der Waals surface area (Å²) < 4.78 is 28.1. The van der Waals surface area contributed by atoms with Crippen molar-refractivity contribution in [2.75, 3.05) is 11.1 Å². The maximum absolute atomic E-state index is 13.3. The number of benzene rings is 2. The van der Waals surface area contributed by atoms with Gasteiger partial charge >= 0.3 is 0 Å². The van der Waals surface area contributed by atoms with E-state index in [0.717, 1.165) is 21.9 Å². The number of carbonyl (C=O) groups excluding carboxylic acids is 1. The highest BCUT2D eigenvalue weighted by molar-refractivity contribution is 7.92. The maximum atomic E-state index is 13.3. The highest BCUT2D eigenvalue weighted by Gasteiger charge is 2.22. The van der Waals surface area contributed by atoms with Crippen LogP contribution in [-0.4, -0.2) is 23.3 Å². The van der Waals surface area contributed by atoms with E-state index >= 15 is 0 Å². The summed E-state index contributed by atoms with van der Waals surface area (Å²) >= 11 is 1.16. The molecular weight excluding hydrogens is 456 g/mol. The molecule has 0 saturated heterocycles. The van der Waals surface area contributed by atoms with Gasteiger partial charge in [-0.25, -0.2) is 3.97 Å². The Morgan fingerprint density at radius 3 is 2.58 bits per heavy atom. The van der Waals surface area contributed by atoms with Crippen molar-refractivity contribution in [2.45, 2.75) is 4.21 Å². The number of nitrogen functional groups attached to an aromatic ring is 1. The molecule has 5 rings (SSSR count). The van der Waals surface area contributed by atoms with E-state index in [1.165, 1.54) is 10.2 Å². The standard InChI is InChI=1S/C24H18N4O3S2/c25-18-5-1-2-6-19(18)27-24(29)17-8-9-21-16(15-17)12-14-28(21)33(30,31)23-11-10-22(32-23)20-7-3-4-13-26-20/h1-15H,25H2,(H,27,29). The molecule has 0 unspecified atom stereocenters. The molecular formula is C24H18N4O3S2. The monoisotopic (exact) mass is 474 g/mol. The summed E-state index contributed by atoms with van der Waals surface area (Å²) in [4.78, 5) is 17.7. The molecule has 3 N–H and O–H groups in total. The molecule has 0 saturated carbocycles. The van der Waals surface area contributed by atoms with Crippen molar-refractivity contribution in [3.63, 3.8) is 0 Å². The van der Waals surface area contributed by atoms with Crippen molar-refractivity contribution in [1.82, 2.24) is 8.96 Å². The highest BCUT2D eigenvalue weighted by atomic mass is 32.2. The molecule has 0 aliphatic heterocycles. The third kappa shape index (κ3) is 3.88. The molecule has 0 radical (unpaired) electrons. The number of anilines is 2. The maximum Gasteiger partial charge on any atom is 0.277 e. The molecule has 0 atom stereocenters. The highest BCUT2D eigenvalue weighted by Crippen LogP contribution is 2.32. The van der Waals surface area contributed by atoms with Crippen molar-refractivity contribution in [2.24, 2.45) is 0 Å². The molecule has 164 valence electrons. The number of rotatable bonds is 5. The van der Waals surface area contributed by atoms with E-state index in [1.54, 1.807) is 66.9 Å². The lowest BCUT2D eigenvalue weighted by molar-refractivity contribution is 0.102. The van der Waals surface area contributed by atoms with Crippen LogP contribution < -0.4 is 11.1 Å². The number of nitrogens with two attached hydrogens (primary N) is 1. The minimum atomic E-state index is -3.81. The van der Waals surface area contributed by atoms with Crippen molar-refractivity contribution in [1.29, 1.82) is 0 Å². The Bertz CT molecular complexity index is 1590. The summed E-state index contributed by atoms with van der Waals surface area (Å²) in [5, 5.41) is 3.41. The lowest BCUT2D eigenvalue weighted by Gasteiger charge is -2.09. The van der Waals surface area contributed by atoms with E-state index in [4.69, 9.17) is 5.73 Å². The molecule has 33 heavy (non-hydrogen) atoms. The molecule has 7 nitrogen and oxygen atoms in total. The molecule has 3 heterocycles. The van der Waals surface area contributed by atoms with E-state index < -0.39 is 10.0 Å². The van der Waals surface area contributed by atoms with E-state index in [1.807, 2.05) is 18.2 Å². The number of nitrogens with zero attached hydrogens (tertiary/aromatic N) is 2. The largest absolute Gasteiger partial charge is 0.397 e. The van der Waals surface area contributed by atoms with Crippen LogP contribution in [-0.2, 0) is 10.0 Å². The van der Waals surface area contributed by atoms with Crippen molar-refractivity contribution in [3.05, 3.63) is 96.8 Å². The first kappa shape index (κ1) is 20.9. The summed E-state index contributed by atoms with van der Waals surface area (Å²) in [6, 6.07) is 22.4. The second kappa shape index (κ2) is 8.19. The number of hydrogen-bond donors (Lipinski definition) is 2. The van der Waals surface area contributed by atoms with Crippen LogP contribution in [0.25, 0.3) is 21.5 Å². The molecule has 1 amide bonds. The van der Waals surface area contributed by atoms with E-state index in [0.29, 0.717) is 27.8 Å². The SMILES string of the molecule is Nc1ccccc1NC(=O)c1ccc2c(ccn2S(=O)(=O)c2ccc(-c3ccccn3)s2)c1. The van der Waals surface area contributed by atoms with Gasteiger partial charge in [-0.15, -0.1) is 11.3 Å². The smallest absolute Gasteiger partial charge is 0.277 e. The van der Waals surface area contributed by atoms with Gasteiger partial charge < -0.3 is 11.1 Å². The zero-order valence-corrected chi connectivity index (χ0v) is 18.8. The Morgan fingerprint density at radius 1 is 0.970 bits per heavy atom. The summed E-state index contributed by atoms with van der Waals surface area (Å²) in [6.45, 7) is 0. The van der Waals surface area contributed by atoms with Crippen molar-refractivity contribution in [3.8, 4) is 10.6 Å². The first-order valence-electron chi connectivity index (χ1n) is 9.97. The normalized spacial score (nSPS) is 11.5. The topological polar surface area (TPSA) is 107 Å². The fourth-order valence-electron chi connectivity index (χ4n) is 3.48. The van der Waals surface area contributed by atoms with Gasteiger partial charge in [-0.2, -0.15) is 8.42 Å². The van der Waals surface area contributed by atoms with Gasteiger partial charge in [0.2, 0.25) is 0 Å². The minimum Gasteiger partial charge on any atom is -0.397 e. The van der Waals surface area contributed by atoms with Crippen molar-refractivity contribution >= 4 is 49.5 Å². The van der Waals surface area contributed by atoms with Crippen LogP contribution in [0.3, 0.4) is 0 Å². The molecule has 9 heteroatoms. The number of para-hydroxylation sites is 2. The van der Waals surface area contributed by atoms with E-state index in [2.05, 4.69) is 10.3 Å². The summed E-state index contributed by atoms with van der Waals surface area (Å²) in [5.41, 5.74) is 8.48. The molecule has 5 aromatic rings.